The highest BCUT2D eigenvalue weighted by atomic mass is 35.5. The number of carbonyl (C=O) groups excluding carboxylic acids is 2. The van der Waals surface area contributed by atoms with Gasteiger partial charge in [0, 0.05) is 18.1 Å². The van der Waals surface area contributed by atoms with Crippen molar-refractivity contribution in [3.05, 3.63) is 94.8 Å². The van der Waals surface area contributed by atoms with Crippen molar-refractivity contribution in [3.63, 3.8) is 0 Å². The van der Waals surface area contributed by atoms with Crippen molar-refractivity contribution in [1.82, 2.24) is 10.2 Å². The first-order chi connectivity index (χ1) is 18.4. The maximum atomic E-state index is 13.8. The fourth-order valence-electron chi connectivity index (χ4n) is 3.80. The highest BCUT2D eigenvalue weighted by molar-refractivity contribution is 7.92. The number of rotatable bonds is 11. The Hall–Kier alpha value is -3.43. The predicted molar refractivity (Wildman–Crippen MR) is 151 cm³/mol. The summed E-state index contributed by atoms with van der Waals surface area (Å²) in [5.74, 6) is -1.21. The second-order valence-electron chi connectivity index (χ2n) is 9.76. The van der Waals surface area contributed by atoms with Gasteiger partial charge in [0.05, 0.1) is 10.6 Å². The summed E-state index contributed by atoms with van der Waals surface area (Å²) in [4.78, 5) is 28.1. The predicted octanol–water partition coefficient (Wildman–Crippen LogP) is 5.17. The molecule has 0 saturated carbocycles. The summed E-state index contributed by atoms with van der Waals surface area (Å²) in [7, 11) is -4.17. The van der Waals surface area contributed by atoms with Crippen LogP contribution in [0.5, 0.6) is 0 Å². The van der Waals surface area contributed by atoms with Crippen molar-refractivity contribution in [2.24, 2.45) is 5.92 Å². The minimum Gasteiger partial charge on any atom is -0.354 e. The minimum atomic E-state index is -4.17. The number of nitrogens with zero attached hydrogens (tertiary/aromatic N) is 2. The molecule has 1 atom stereocenters. The minimum absolute atomic E-state index is 0.0173. The standard InChI is InChI=1S/C29H33ClFN3O4S/c1-20(2)17-32-29(36)22(4)33(18-23-7-11-25(31)12-8-23)28(35)19-34(26-13-9-24(30)10-14-26)39(37,38)27-15-5-21(3)6-16-27/h5-16,20,22H,17-19H2,1-4H3,(H,32,36)/t22-/m0/s1. The van der Waals surface area contributed by atoms with Crippen molar-refractivity contribution in [1.29, 1.82) is 0 Å². The first-order valence-corrected chi connectivity index (χ1v) is 14.4. The molecule has 3 aromatic carbocycles. The van der Waals surface area contributed by atoms with Crippen molar-refractivity contribution in [2.45, 2.75) is 45.2 Å². The molecule has 3 rings (SSSR count). The Kier molecular flexibility index (Phi) is 10.1. The topological polar surface area (TPSA) is 86.8 Å². The van der Waals surface area contributed by atoms with E-state index in [0.29, 0.717) is 17.1 Å². The number of halogens is 2. The van der Waals surface area contributed by atoms with Gasteiger partial charge in [-0.3, -0.25) is 13.9 Å². The Morgan fingerprint density at radius 2 is 1.51 bits per heavy atom. The van der Waals surface area contributed by atoms with E-state index in [4.69, 9.17) is 11.6 Å². The Morgan fingerprint density at radius 1 is 0.923 bits per heavy atom. The van der Waals surface area contributed by atoms with Crippen LogP contribution in [-0.4, -0.2) is 44.3 Å². The van der Waals surface area contributed by atoms with Gasteiger partial charge in [0.2, 0.25) is 11.8 Å². The van der Waals surface area contributed by atoms with E-state index in [1.54, 1.807) is 19.1 Å². The molecule has 10 heteroatoms. The molecule has 0 unspecified atom stereocenters. The molecule has 208 valence electrons. The Bertz CT molecular complexity index is 1380. The lowest BCUT2D eigenvalue weighted by Crippen LogP contribution is -2.51. The average Bonchev–Trinajstić information content (AvgIpc) is 2.90. The first kappa shape index (κ1) is 30.1. The number of anilines is 1. The van der Waals surface area contributed by atoms with Gasteiger partial charge in [-0.15, -0.1) is 0 Å². The molecular formula is C29H33ClFN3O4S. The van der Waals surface area contributed by atoms with Crippen LogP contribution in [0.25, 0.3) is 0 Å². The van der Waals surface area contributed by atoms with Gasteiger partial charge in [0.1, 0.15) is 18.4 Å². The SMILES string of the molecule is Cc1ccc(S(=O)(=O)N(CC(=O)N(Cc2ccc(F)cc2)[C@@H](C)C(=O)NCC(C)C)c2ccc(Cl)cc2)cc1. The van der Waals surface area contributed by atoms with E-state index in [2.05, 4.69) is 5.32 Å². The summed E-state index contributed by atoms with van der Waals surface area (Å²) >= 11 is 6.04. The molecule has 7 nitrogen and oxygen atoms in total. The van der Waals surface area contributed by atoms with E-state index in [9.17, 15) is 22.4 Å². The lowest BCUT2D eigenvalue weighted by atomic mass is 10.1. The number of hydrogen-bond acceptors (Lipinski definition) is 4. The maximum Gasteiger partial charge on any atom is 0.264 e. The van der Waals surface area contributed by atoms with Crippen LogP contribution in [-0.2, 0) is 26.2 Å². The van der Waals surface area contributed by atoms with Crippen LogP contribution in [0.2, 0.25) is 5.02 Å². The molecule has 3 aromatic rings. The number of sulfonamides is 1. The number of nitrogens with one attached hydrogen (secondary N) is 1. The zero-order valence-electron chi connectivity index (χ0n) is 22.4. The molecule has 0 radical (unpaired) electrons. The van der Waals surface area contributed by atoms with E-state index in [1.807, 2.05) is 20.8 Å². The van der Waals surface area contributed by atoms with Gasteiger partial charge in [0.15, 0.2) is 0 Å². The number of amides is 2. The largest absolute Gasteiger partial charge is 0.354 e. The Morgan fingerprint density at radius 3 is 2.08 bits per heavy atom. The van der Waals surface area contributed by atoms with Crippen LogP contribution in [0.1, 0.15) is 31.9 Å². The molecule has 0 aliphatic heterocycles. The van der Waals surface area contributed by atoms with Crippen LogP contribution < -0.4 is 9.62 Å². The number of aryl methyl sites for hydroxylation is 1. The molecule has 39 heavy (non-hydrogen) atoms. The van der Waals surface area contributed by atoms with E-state index < -0.39 is 34.3 Å². The summed E-state index contributed by atoms with van der Waals surface area (Å²) in [5.41, 5.74) is 1.72. The molecule has 0 bridgehead atoms. The molecule has 0 aromatic heterocycles. The summed E-state index contributed by atoms with van der Waals surface area (Å²) in [6.07, 6.45) is 0. The highest BCUT2D eigenvalue weighted by Crippen LogP contribution is 2.26. The molecule has 0 aliphatic carbocycles. The summed E-state index contributed by atoms with van der Waals surface area (Å²) in [6.45, 7) is 7.16. The highest BCUT2D eigenvalue weighted by Gasteiger charge is 2.32. The van der Waals surface area contributed by atoms with Gasteiger partial charge < -0.3 is 10.2 Å². The van der Waals surface area contributed by atoms with Gasteiger partial charge in [-0.2, -0.15) is 0 Å². The van der Waals surface area contributed by atoms with Crippen molar-refractivity contribution in [2.75, 3.05) is 17.4 Å². The van der Waals surface area contributed by atoms with E-state index >= 15 is 0 Å². The van der Waals surface area contributed by atoms with Crippen LogP contribution >= 0.6 is 11.6 Å². The third-order valence-electron chi connectivity index (χ3n) is 6.12. The fourth-order valence-corrected chi connectivity index (χ4v) is 5.34. The lowest BCUT2D eigenvalue weighted by molar-refractivity contribution is -0.139. The lowest BCUT2D eigenvalue weighted by Gasteiger charge is -2.32. The third kappa shape index (κ3) is 8.03. The monoisotopic (exact) mass is 573 g/mol. The van der Waals surface area contributed by atoms with Crippen LogP contribution in [0.4, 0.5) is 10.1 Å². The second kappa shape index (κ2) is 13.1. The average molecular weight is 574 g/mol. The summed E-state index contributed by atoms with van der Waals surface area (Å²) in [5, 5.41) is 3.23. The molecule has 2 amide bonds. The van der Waals surface area contributed by atoms with Crippen molar-refractivity contribution in [3.8, 4) is 0 Å². The first-order valence-electron chi connectivity index (χ1n) is 12.5. The number of carbonyl (C=O) groups is 2. The third-order valence-corrected chi connectivity index (χ3v) is 8.16. The fraction of sp³-hybridized carbons (Fsp3) is 0.310. The van der Waals surface area contributed by atoms with Gasteiger partial charge in [0.25, 0.3) is 10.0 Å². The van der Waals surface area contributed by atoms with Gasteiger partial charge >= 0.3 is 0 Å². The quantitative estimate of drug-likeness (QED) is 0.343. The summed E-state index contributed by atoms with van der Waals surface area (Å²) < 4.78 is 42.1. The normalized spacial score (nSPS) is 12.2. The van der Waals surface area contributed by atoms with E-state index in [1.165, 1.54) is 65.6 Å². The van der Waals surface area contributed by atoms with Crippen molar-refractivity contribution < 1.29 is 22.4 Å². The Labute approximate surface area is 234 Å². The van der Waals surface area contributed by atoms with Crippen LogP contribution in [0.3, 0.4) is 0 Å². The molecule has 0 spiro atoms. The van der Waals surface area contributed by atoms with Gasteiger partial charge in [-0.05, 0) is 73.9 Å². The number of benzene rings is 3. The zero-order chi connectivity index (χ0) is 28.7. The molecular weight excluding hydrogens is 541 g/mol. The Balaban J connectivity index is 2.00. The van der Waals surface area contributed by atoms with Crippen LogP contribution in [0, 0.1) is 18.7 Å². The smallest absolute Gasteiger partial charge is 0.264 e. The second-order valence-corrected chi connectivity index (χ2v) is 12.1. The maximum absolute atomic E-state index is 13.8. The number of hydrogen-bond donors (Lipinski definition) is 1. The van der Waals surface area contributed by atoms with E-state index in [0.717, 1.165) is 9.87 Å². The van der Waals surface area contributed by atoms with Gasteiger partial charge in [-0.25, -0.2) is 12.8 Å². The zero-order valence-corrected chi connectivity index (χ0v) is 24.0. The van der Waals surface area contributed by atoms with Crippen LogP contribution in [0.15, 0.2) is 77.7 Å². The molecule has 0 saturated heterocycles. The molecule has 0 fully saturated rings. The molecule has 0 aliphatic rings. The molecule has 0 heterocycles. The van der Waals surface area contributed by atoms with E-state index in [-0.39, 0.29) is 29.0 Å². The molecule has 1 N–H and O–H groups in total. The van der Waals surface area contributed by atoms with Crippen molar-refractivity contribution >= 4 is 39.1 Å². The summed E-state index contributed by atoms with van der Waals surface area (Å²) in [6, 6.07) is 17.1. The van der Waals surface area contributed by atoms with Gasteiger partial charge in [-0.1, -0.05) is 55.3 Å².